The Morgan fingerprint density at radius 2 is 1.91 bits per heavy atom. The number of rotatable bonds is 5. The average Bonchev–Trinajstić information content (AvgIpc) is 2.59. The zero-order valence-corrected chi connectivity index (χ0v) is 12.2. The van der Waals surface area contributed by atoms with E-state index in [9.17, 15) is 9.18 Å². The first-order chi connectivity index (χ1) is 11.2. The molecule has 0 aliphatic heterocycles. The van der Waals surface area contributed by atoms with Gasteiger partial charge in [0, 0.05) is 17.3 Å². The van der Waals surface area contributed by atoms with Crippen molar-refractivity contribution in [2.45, 2.75) is 6.54 Å². The van der Waals surface area contributed by atoms with Crippen molar-refractivity contribution in [3.63, 3.8) is 0 Å². The normalized spacial score (nSPS) is 10.5. The minimum absolute atomic E-state index is 0.163. The van der Waals surface area contributed by atoms with Crippen LogP contribution in [0, 0.1) is 5.82 Å². The van der Waals surface area contributed by atoms with Crippen LogP contribution in [-0.4, -0.2) is 22.7 Å². The molecule has 5 nitrogen and oxygen atoms in total. The van der Waals surface area contributed by atoms with E-state index in [4.69, 9.17) is 4.74 Å². The first kappa shape index (κ1) is 14.9. The van der Waals surface area contributed by atoms with Gasteiger partial charge in [-0.15, -0.1) is 5.10 Å². The zero-order valence-electron chi connectivity index (χ0n) is 12.2. The number of amides is 1. The van der Waals surface area contributed by atoms with E-state index >= 15 is 0 Å². The second-order valence-electron chi connectivity index (χ2n) is 4.93. The molecule has 0 radical (unpaired) electrons. The summed E-state index contributed by atoms with van der Waals surface area (Å²) in [6, 6.07) is 13.4. The van der Waals surface area contributed by atoms with E-state index in [0.717, 1.165) is 16.3 Å². The summed E-state index contributed by atoms with van der Waals surface area (Å²) in [7, 11) is 0. The van der Waals surface area contributed by atoms with E-state index in [1.54, 1.807) is 18.3 Å². The second-order valence-corrected chi connectivity index (χ2v) is 4.93. The molecule has 0 bridgehead atoms. The summed E-state index contributed by atoms with van der Waals surface area (Å²) in [6.07, 6.45) is 1.64. The third-order valence-electron chi connectivity index (χ3n) is 3.28. The molecule has 0 aliphatic rings. The molecule has 23 heavy (non-hydrogen) atoms. The highest BCUT2D eigenvalue weighted by molar-refractivity contribution is 5.86. The van der Waals surface area contributed by atoms with Gasteiger partial charge in [0.25, 0.3) is 5.91 Å². The fourth-order valence-corrected chi connectivity index (χ4v) is 2.10. The largest absolute Gasteiger partial charge is 0.466 e. The Bertz CT molecular complexity index is 816. The summed E-state index contributed by atoms with van der Waals surface area (Å²) in [5, 5.41) is 12.2. The van der Waals surface area contributed by atoms with E-state index in [-0.39, 0.29) is 18.3 Å². The number of benzene rings is 2. The van der Waals surface area contributed by atoms with E-state index in [0.29, 0.717) is 12.4 Å². The van der Waals surface area contributed by atoms with E-state index in [2.05, 4.69) is 15.5 Å². The summed E-state index contributed by atoms with van der Waals surface area (Å²) in [5.41, 5.74) is 0.810. The van der Waals surface area contributed by atoms with Gasteiger partial charge in [0.15, 0.2) is 6.61 Å². The Kier molecular flexibility index (Phi) is 4.42. The maximum atomic E-state index is 12.8. The lowest BCUT2D eigenvalue weighted by atomic mass is 10.2. The SMILES string of the molecule is O=C(COc1nncc2ccccc12)NCc1ccc(F)cc1. The number of nitrogens with zero attached hydrogens (tertiary/aromatic N) is 2. The van der Waals surface area contributed by atoms with Crippen molar-refractivity contribution < 1.29 is 13.9 Å². The van der Waals surface area contributed by atoms with Gasteiger partial charge in [-0.1, -0.05) is 30.3 Å². The molecule has 1 amide bonds. The molecule has 3 aromatic rings. The molecule has 3 rings (SSSR count). The molecule has 0 unspecified atom stereocenters. The fraction of sp³-hybridized carbons (Fsp3) is 0.118. The summed E-state index contributed by atoms with van der Waals surface area (Å²) < 4.78 is 18.2. The molecule has 0 saturated carbocycles. The van der Waals surface area contributed by atoms with E-state index < -0.39 is 0 Å². The Morgan fingerprint density at radius 3 is 2.74 bits per heavy atom. The Balaban J connectivity index is 1.57. The number of ether oxygens (including phenoxy) is 1. The highest BCUT2D eigenvalue weighted by Gasteiger charge is 2.07. The van der Waals surface area contributed by atoms with Crippen LogP contribution in [0.4, 0.5) is 4.39 Å². The van der Waals surface area contributed by atoms with Crippen molar-refractivity contribution in [2.24, 2.45) is 0 Å². The van der Waals surface area contributed by atoms with Gasteiger partial charge in [-0.2, -0.15) is 5.10 Å². The van der Waals surface area contributed by atoms with Gasteiger partial charge in [0.2, 0.25) is 5.88 Å². The minimum Gasteiger partial charge on any atom is -0.466 e. The predicted molar refractivity (Wildman–Crippen MR) is 83.3 cm³/mol. The quantitative estimate of drug-likeness (QED) is 0.786. The van der Waals surface area contributed by atoms with E-state index in [1.165, 1.54) is 12.1 Å². The van der Waals surface area contributed by atoms with Crippen LogP contribution in [-0.2, 0) is 11.3 Å². The molecule has 1 N–H and O–H groups in total. The van der Waals surface area contributed by atoms with Crippen LogP contribution in [0.1, 0.15) is 5.56 Å². The van der Waals surface area contributed by atoms with Crippen molar-refractivity contribution in [3.8, 4) is 5.88 Å². The van der Waals surface area contributed by atoms with Crippen LogP contribution in [0.3, 0.4) is 0 Å². The van der Waals surface area contributed by atoms with Crippen LogP contribution < -0.4 is 10.1 Å². The van der Waals surface area contributed by atoms with Gasteiger partial charge in [0.05, 0.1) is 6.20 Å². The number of carbonyl (C=O) groups is 1. The molecule has 0 atom stereocenters. The lowest BCUT2D eigenvalue weighted by Crippen LogP contribution is -2.28. The summed E-state index contributed by atoms with van der Waals surface area (Å²) in [4.78, 5) is 11.8. The summed E-state index contributed by atoms with van der Waals surface area (Å²) in [5.74, 6) is -0.276. The van der Waals surface area contributed by atoms with Crippen molar-refractivity contribution >= 4 is 16.7 Å². The van der Waals surface area contributed by atoms with Crippen molar-refractivity contribution in [3.05, 3.63) is 66.1 Å². The van der Waals surface area contributed by atoms with Crippen LogP contribution >= 0.6 is 0 Å². The van der Waals surface area contributed by atoms with Gasteiger partial charge in [-0.25, -0.2) is 4.39 Å². The third kappa shape index (κ3) is 3.79. The Hall–Kier alpha value is -3.02. The van der Waals surface area contributed by atoms with Gasteiger partial charge in [-0.05, 0) is 23.8 Å². The number of aromatic nitrogens is 2. The molecule has 6 heteroatoms. The maximum absolute atomic E-state index is 12.8. The molecular weight excluding hydrogens is 297 g/mol. The Morgan fingerprint density at radius 1 is 1.13 bits per heavy atom. The molecular formula is C17H14FN3O2. The van der Waals surface area contributed by atoms with Crippen LogP contribution in [0.15, 0.2) is 54.7 Å². The smallest absolute Gasteiger partial charge is 0.258 e. The molecule has 1 heterocycles. The van der Waals surface area contributed by atoms with Crippen LogP contribution in [0.2, 0.25) is 0 Å². The molecule has 1 aromatic heterocycles. The number of hydrogen-bond donors (Lipinski definition) is 1. The Labute approximate surface area is 132 Å². The standard InChI is InChI=1S/C17H14FN3O2/c18-14-7-5-12(6-8-14)9-19-16(22)11-23-17-15-4-2-1-3-13(15)10-20-21-17/h1-8,10H,9,11H2,(H,19,22). The first-order valence-corrected chi connectivity index (χ1v) is 7.07. The summed E-state index contributed by atoms with van der Waals surface area (Å²) >= 11 is 0. The predicted octanol–water partition coefficient (Wildman–Crippen LogP) is 2.46. The number of fused-ring (bicyclic) bond motifs is 1. The fourth-order valence-electron chi connectivity index (χ4n) is 2.10. The monoisotopic (exact) mass is 311 g/mol. The van der Waals surface area contributed by atoms with Gasteiger partial charge < -0.3 is 10.1 Å². The molecule has 0 aliphatic carbocycles. The zero-order chi connectivity index (χ0) is 16.1. The van der Waals surface area contributed by atoms with Gasteiger partial charge in [0.1, 0.15) is 5.82 Å². The molecule has 116 valence electrons. The number of halogens is 1. The van der Waals surface area contributed by atoms with Crippen molar-refractivity contribution in [1.82, 2.24) is 15.5 Å². The van der Waals surface area contributed by atoms with E-state index in [1.807, 2.05) is 24.3 Å². The molecule has 0 saturated heterocycles. The highest BCUT2D eigenvalue weighted by Crippen LogP contribution is 2.20. The van der Waals surface area contributed by atoms with Crippen LogP contribution in [0.5, 0.6) is 5.88 Å². The number of carbonyl (C=O) groups excluding carboxylic acids is 1. The molecule has 0 fully saturated rings. The highest BCUT2D eigenvalue weighted by atomic mass is 19.1. The van der Waals surface area contributed by atoms with Crippen molar-refractivity contribution in [2.75, 3.05) is 6.61 Å². The number of nitrogens with one attached hydrogen (secondary N) is 1. The van der Waals surface area contributed by atoms with Gasteiger partial charge >= 0.3 is 0 Å². The van der Waals surface area contributed by atoms with Crippen LogP contribution in [0.25, 0.3) is 10.8 Å². The second kappa shape index (κ2) is 6.83. The third-order valence-corrected chi connectivity index (χ3v) is 3.28. The number of hydrogen-bond acceptors (Lipinski definition) is 4. The lowest BCUT2D eigenvalue weighted by molar-refractivity contribution is -0.123. The topological polar surface area (TPSA) is 64.1 Å². The minimum atomic E-state index is -0.307. The lowest BCUT2D eigenvalue weighted by Gasteiger charge is -2.08. The molecule has 2 aromatic carbocycles. The average molecular weight is 311 g/mol. The van der Waals surface area contributed by atoms with Crippen molar-refractivity contribution in [1.29, 1.82) is 0 Å². The maximum Gasteiger partial charge on any atom is 0.258 e. The van der Waals surface area contributed by atoms with Gasteiger partial charge in [-0.3, -0.25) is 4.79 Å². The first-order valence-electron chi connectivity index (χ1n) is 7.07. The molecule has 0 spiro atoms. The summed E-state index contributed by atoms with van der Waals surface area (Å²) in [6.45, 7) is 0.146.